The topological polar surface area (TPSA) is 22.1 Å². The van der Waals surface area contributed by atoms with E-state index in [-0.39, 0.29) is 0 Å². The van der Waals surface area contributed by atoms with Crippen LogP contribution in [0.4, 0.5) is 0 Å². The molecule has 0 radical (unpaired) electrons. The van der Waals surface area contributed by atoms with Crippen LogP contribution in [-0.4, -0.2) is 11.6 Å². The minimum Gasteiger partial charge on any atom is -0.494 e. The first-order chi connectivity index (χ1) is 15.2. The summed E-state index contributed by atoms with van der Waals surface area (Å²) < 4.78 is 5.89. The van der Waals surface area contributed by atoms with Gasteiger partial charge in [0.1, 0.15) is 5.75 Å². The minimum atomic E-state index is 0.802. The fourth-order valence-electron chi connectivity index (χ4n) is 3.88. The van der Waals surface area contributed by atoms with Crippen molar-refractivity contribution in [3.05, 3.63) is 84.4 Å². The van der Waals surface area contributed by atoms with Gasteiger partial charge >= 0.3 is 0 Å². The van der Waals surface area contributed by atoms with E-state index in [2.05, 4.69) is 92.7 Å². The summed E-state index contributed by atoms with van der Waals surface area (Å²) in [5, 5.41) is 1.18. The van der Waals surface area contributed by atoms with Crippen molar-refractivity contribution >= 4 is 10.9 Å². The van der Waals surface area contributed by atoms with Crippen molar-refractivity contribution in [3.63, 3.8) is 0 Å². The van der Waals surface area contributed by atoms with E-state index < -0.39 is 0 Å². The second kappa shape index (κ2) is 10.3. The fraction of sp³-hybridized carbons (Fsp3) is 0.276. The molecule has 4 rings (SSSR count). The van der Waals surface area contributed by atoms with Gasteiger partial charge in [-0.05, 0) is 54.8 Å². The van der Waals surface area contributed by atoms with Crippen molar-refractivity contribution in [2.24, 2.45) is 0 Å². The zero-order valence-corrected chi connectivity index (χ0v) is 18.6. The van der Waals surface area contributed by atoms with Gasteiger partial charge in [0.15, 0.2) is 0 Å². The second-order valence-corrected chi connectivity index (χ2v) is 8.26. The van der Waals surface area contributed by atoms with Crippen LogP contribution in [0.2, 0.25) is 0 Å². The molecule has 0 bridgehead atoms. The van der Waals surface area contributed by atoms with Crippen molar-refractivity contribution in [2.45, 2.75) is 46.0 Å². The molecule has 1 heterocycles. The third kappa shape index (κ3) is 5.52. The van der Waals surface area contributed by atoms with Gasteiger partial charge in [0.05, 0.1) is 17.8 Å². The summed E-state index contributed by atoms with van der Waals surface area (Å²) in [6.45, 7) is 5.15. The molecule has 0 N–H and O–H groups in total. The summed E-state index contributed by atoms with van der Waals surface area (Å²) >= 11 is 0. The van der Waals surface area contributed by atoms with Crippen LogP contribution in [0.15, 0.2) is 78.9 Å². The van der Waals surface area contributed by atoms with Gasteiger partial charge < -0.3 is 4.74 Å². The molecule has 0 spiro atoms. The Morgan fingerprint density at radius 1 is 0.677 bits per heavy atom. The average Bonchev–Trinajstić information content (AvgIpc) is 2.81. The predicted molar refractivity (Wildman–Crippen MR) is 132 cm³/mol. The van der Waals surface area contributed by atoms with Crippen LogP contribution in [-0.2, 0) is 0 Å². The fourth-order valence-corrected chi connectivity index (χ4v) is 3.88. The third-order valence-electron chi connectivity index (χ3n) is 5.73. The van der Waals surface area contributed by atoms with E-state index in [4.69, 9.17) is 9.72 Å². The standard InChI is InChI=1S/C29H31NO/c1-3-4-5-6-7-20-31-27-16-13-24(14-17-27)23-9-11-25(12-10-23)28-19-15-26-21-22(2)8-18-29(26)30-28/h8-19,21H,3-7,20H2,1-2H3. The molecule has 31 heavy (non-hydrogen) atoms. The van der Waals surface area contributed by atoms with Gasteiger partial charge in [-0.15, -0.1) is 0 Å². The molecule has 0 saturated heterocycles. The van der Waals surface area contributed by atoms with Crippen LogP contribution in [0.5, 0.6) is 5.75 Å². The van der Waals surface area contributed by atoms with Crippen molar-refractivity contribution in [3.8, 4) is 28.1 Å². The number of rotatable bonds is 9. The Hall–Kier alpha value is -3.13. The maximum atomic E-state index is 5.89. The highest BCUT2D eigenvalue weighted by Crippen LogP contribution is 2.27. The Balaban J connectivity index is 1.39. The van der Waals surface area contributed by atoms with Gasteiger partial charge in [0, 0.05) is 10.9 Å². The SMILES string of the molecule is CCCCCCCOc1ccc(-c2ccc(-c3ccc4cc(C)ccc4n3)cc2)cc1. The number of hydrogen-bond acceptors (Lipinski definition) is 2. The number of aromatic nitrogens is 1. The lowest BCUT2D eigenvalue weighted by Crippen LogP contribution is -1.97. The van der Waals surface area contributed by atoms with E-state index in [1.807, 2.05) is 0 Å². The molecule has 0 atom stereocenters. The van der Waals surface area contributed by atoms with Gasteiger partial charge in [-0.1, -0.05) is 86.7 Å². The van der Waals surface area contributed by atoms with Crippen molar-refractivity contribution in [1.29, 1.82) is 0 Å². The molecule has 158 valence electrons. The molecule has 2 heteroatoms. The van der Waals surface area contributed by atoms with E-state index in [0.29, 0.717) is 0 Å². The molecule has 0 fully saturated rings. The van der Waals surface area contributed by atoms with Gasteiger partial charge in [-0.2, -0.15) is 0 Å². The Morgan fingerprint density at radius 3 is 2.10 bits per heavy atom. The highest BCUT2D eigenvalue weighted by molar-refractivity contribution is 5.82. The number of fused-ring (bicyclic) bond motifs is 1. The number of unbranched alkanes of at least 4 members (excludes halogenated alkanes) is 4. The van der Waals surface area contributed by atoms with Crippen LogP contribution in [0, 0.1) is 6.92 Å². The van der Waals surface area contributed by atoms with Gasteiger partial charge in [0.25, 0.3) is 0 Å². The van der Waals surface area contributed by atoms with Crippen molar-refractivity contribution < 1.29 is 4.74 Å². The Bertz CT molecular complexity index is 1110. The highest BCUT2D eigenvalue weighted by Gasteiger charge is 2.04. The van der Waals surface area contributed by atoms with Gasteiger partial charge in [-0.3, -0.25) is 0 Å². The monoisotopic (exact) mass is 409 g/mol. The van der Waals surface area contributed by atoms with Gasteiger partial charge in [0.2, 0.25) is 0 Å². The smallest absolute Gasteiger partial charge is 0.119 e. The summed E-state index contributed by atoms with van der Waals surface area (Å²) in [7, 11) is 0. The third-order valence-corrected chi connectivity index (χ3v) is 5.73. The normalized spacial score (nSPS) is 11.0. The number of benzene rings is 3. The number of pyridine rings is 1. The van der Waals surface area contributed by atoms with Gasteiger partial charge in [-0.25, -0.2) is 4.98 Å². The maximum absolute atomic E-state index is 5.89. The largest absolute Gasteiger partial charge is 0.494 e. The molecule has 0 unspecified atom stereocenters. The van der Waals surface area contributed by atoms with Crippen molar-refractivity contribution in [1.82, 2.24) is 4.98 Å². The van der Waals surface area contributed by atoms with Crippen molar-refractivity contribution in [2.75, 3.05) is 6.61 Å². The Morgan fingerprint density at radius 2 is 1.35 bits per heavy atom. The maximum Gasteiger partial charge on any atom is 0.119 e. The summed E-state index contributed by atoms with van der Waals surface area (Å²) in [6, 6.07) is 27.7. The van der Waals surface area contributed by atoms with E-state index >= 15 is 0 Å². The molecule has 2 nitrogen and oxygen atoms in total. The lowest BCUT2D eigenvalue weighted by atomic mass is 10.0. The van der Waals surface area contributed by atoms with E-state index in [1.165, 1.54) is 47.8 Å². The van der Waals surface area contributed by atoms with Crippen LogP contribution in [0.25, 0.3) is 33.3 Å². The lowest BCUT2D eigenvalue weighted by Gasteiger charge is -2.08. The van der Waals surface area contributed by atoms with E-state index in [9.17, 15) is 0 Å². The molecule has 1 aromatic heterocycles. The summed E-state index contributed by atoms with van der Waals surface area (Å²) in [5.74, 6) is 0.950. The first kappa shape index (κ1) is 21.1. The zero-order valence-electron chi connectivity index (χ0n) is 18.6. The Labute approximate surface area is 185 Å². The molecule has 0 aliphatic carbocycles. The number of hydrogen-bond donors (Lipinski definition) is 0. The molecular weight excluding hydrogens is 378 g/mol. The number of ether oxygens (including phenoxy) is 1. The Kier molecular flexibility index (Phi) is 6.99. The molecule has 0 saturated carbocycles. The van der Waals surface area contributed by atoms with Crippen LogP contribution >= 0.6 is 0 Å². The molecule has 3 aromatic carbocycles. The van der Waals surface area contributed by atoms with Crippen LogP contribution in [0.1, 0.15) is 44.6 Å². The minimum absolute atomic E-state index is 0.802. The quantitative estimate of drug-likeness (QED) is 0.260. The molecule has 0 aliphatic heterocycles. The predicted octanol–water partition coefficient (Wildman–Crippen LogP) is 8.23. The summed E-state index contributed by atoms with van der Waals surface area (Å²) in [6.07, 6.45) is 6.30. The average molecular weight is 410 g/mol. The highest BCUT2D eigenvalue weighted by atomic mass is 16.5. The molecular formula is C29H31NO. The molecule has 0 aliphatic rings. The summed E-state index contributed by atoms with van der Waals surface area (Å²) in [4.78, 5) is 4.84. The summed E-state index contributed by atoms with van der Waals surface area (Å²) in [5.41, 5.74) is 6.83. The first-order valence-corrected chi connectivity index (χ1v) is 11.4. The van der Waals surface area contributed by atoms with Crippen LogP contribution in [0.3, 0.4) is 0 Å². The number of aryl methyl sites for hydroxylation is 1. The first-order valence-electron chi connectivity index (χ1n) is 11.4. The molecule has 4 aromatic rings. The van der Waals surface area contributed by atoms with Crippen LogP contribution < -0.4 is 4.74 Å². The van der Waals surface area contributed by atoms with E-state index in [1.54, 1.807) is 0 Å². The number of nitrogens with zero attached hydrogens (tertiary/aromatic N) is 1. The van der Waals surface area contributed by atoms with E-state index in [0.717, 1.165) is 35.6 Å². The molecule has 0 amide bonds. The lowest BCUT2D eigenvalue weighted by molar-refractivity contribution is 0.304. The second-order valence-electron chi connectivity index (χ2n) is 8.26. The zero-order chi connectivity index (χ0) is 21.5.